The number of rotatable bonds is 3. The van der Waals surface area contributed by atoms with Crippen LogP contribution >= 0.6 is 11.3 Å². The van der Waals surface area contributed by atoms with E-state index in [2.05, 4.69) is 9.97 Å². The number of aryl methyl sites for hydroxylation is 2. The van der Waals surface area contributed by atoms with Crippen molar-refractivity contribution in [3.8, 4) is 0 Å². The molecule has 0 bridgehead atoms. The number of ether oxygens (including phenoxy) is 1. The third-order valence-electron chi connectivity index (χ3n) is 2.71. The SMILES string of the molecule is CCOC(=O)Cc1nc2sc(C)c(C)c2c(=O)[nH]1. The number of esters is 1. The number of aromatic amines is 1. The van der Waals surface area contributed by atoms with Crippen molar-refractivity contribution in [1.29, 1.82) is 0 Å². The number of aromatic nitrogens is 2. The standard InChI is InChI=1S/C12H14N2O3S/c1-4-17-9(15)5-8-13-11(16)10-6(2)7(3)18-12(10)14-8/h4-5H2,1-3H3,(H,13,14,16). The van der Waals surface area contributed by atoms with E-state index in [1.54, 1.807) is 6.92 Å². The fraction of sp³-hybridized carbons (Fsp3) is 0.417. The Bertz CT molecular complexity index is 657. The number of thiophene rings is 1. The second-order valence-corrected chi connectivity index (χ2v) is 5.16. The number of carbonyl (C=O) groups is 1. The number of fused-ring (bicyclic) bond motifs is 1. The van der Waals surface area contributed by atoms with Crippen LogP contribution in [-0.2, 0) is 16.0 Å². The molecule has 96 valence electrons. The van der Waals surface area contributed by atoms with Crippen molar-refractivity contribution in [3.63, 3.8) is 0 Å². The van der Waals surface area contributed by atoms with Gasteiger partial charge in [-0.15, -0.1) is 11.3 Å². The van der Waals surface area contributed by atoms with Gasteiger partial charge in [0.25, 0.3) is 5.56 Å². The summed E-state index contributed by atoms with van der Waals surface area (Å²) in [6.07, 6.45) is -0.00495. The fourth-order valence-corrected chi connectivity index (χ4v) is 2.78. The monoisotopic (exact) mass is 266 g/mol. The molecule has 2 aromatic heterocycles. The van der Waals surface area contributed by atoms with Crippen LogP contribution in [0.4, 0.5) is 0 Å². The van der Waals surface area contributed by atoms with E-state index >= 15 is 0 Å². The lowest BCUT2D eigenvalue weighted by molar-refractivity contribution is -0.142. The van der Waals surface area contributed by atoms with Crippen LogP contribution in [0.5, 0.6) is 0 Å². The van der Waals surface area contributed by atoms with Crippen molar-refractivity contribution in [2.24, 2.45) is 0 Å². The van der Waals surface area contributed by atoms with Gasteiger partial charge in [0.05, 0.1) is 12.0 Å². The molecular weight excluding hydrogens is 252 g/mol. The molecule has 0 spiro atoms. The summed E-state index contributed by atoms with van der Waals surface area (Å²) in [5.74, 6) is -0.0304. The van der Waals surface area contributed by atoms with Crippen molar-refractivity contribution >= 4 is 27.5 Å². The van der Waals surface area contributed by atoms with Gasteiger partial charge >= 0.3 is 5.97 Å². The van der Waals surface area contributed by atoms with Gasteiger partial charge in [0.15, 0.2) is 0 Å². The molecule has 18 heavy (non-hydrogen) atoms. The van der Waals surface area contributed by atoms with E-state index < -0.39 is 0 Å². The smallest absolute Gasteiger partial charge is 0.313 e. The van der Waals surface area contributed by atoms with Crippen molar-refractivity contribution in [2.45, 2.75) is 27.2 Å². The molecule has 0 aromatic carbocycles. The maximum atomic E-state index is 11.9. The third-order valence-corrected chi connectivity index (χ3v) is 3.81. The van der Waals surface area contributed by atoms with E-state index in [1.165, 1.54) is 11.3 Å². The molecular formula is C12H14N2O3S. The minimum atomic E-state index is -0.384. The molecule has 0 fully saturated rings. The molecule has 0 aliphatic carbocycles. The predicted octanol–water partition coefficient (Wildman–Crippen LogP) is 1.71. The van der Waals surface area contributed by atoms with Crippen LogP contribution in [0, 0.1) is 13.8 Å². The highest BCUT2D eigenvalue weighted by Crippen LogP contribution is 2.25. The Morgan fingerprint density at radius 3 is 2.83 bits per heavy atom. The van der Waals surface area contributed by atoms with Crippen LogP contribution in [0.3, 0.4) is 0 Å². The average molecular weight is 266 g/mol. The molecule has 0 radical (unpaired) electrons. The van der Waals surface area contributed by atoms with Crippen LogP contribution in [-0.4, -0.2) is 22.5 Å². The Hall–Kier alpha value is -1.69. The second kappa shape index (κ2) is 4.89. The summed E-state index contributed by atoms with van der Waals surface area (Å²) in [6.45, 7) is 5.91. The van der Waals surface area contributed by atoms with Crippen LogP contribution in [0.1, 0.15) is 23.2 Å². The summed E-state index contributed by atoms with van der Waals surface area (Å²) >= 11 is 1.46. The summed E-state index contributed by atoms with van der Waals surface area (Å²) in [5.41, 5.74) is 0.757. The van der Waals surface area contributed by atoms with Crippen LogP contribution < -0.4 is 5.56 Å². The van der Waals surface area contributed by atoms with Crippen LogP contribution in [0.15, 0.2) is 4.79 Å². The van der Waals surface area contributed by atoms with E-state index in [1.807, 2.05) is 13.8 Å². The van der Waals surface area contributed by atoms with Gasteiger partial charge in [-0.05, 0) is 26.3 Å². The topological polar surface area (TPSA) is 72.0 Å². The Balaban J connectivity index is 2.44. The van der Waals surface area contributed by atoms with Gasteiger partial charge in [0, 0.05) is 4.88 Å². The third kappa shape index (κ3) is 2.28. The van der Waals surface area contributed by atoms with E-state index in [9.17, 15) is 9.59 Å². The Labute approximate surface area is 108 Å². The number of H-pyrrole nitrogens is 1. The summed E-state index contributed by atoms with van der Waals surface area (Å²) in [6, 6.07) is 0. The molecule has 6 heteroatoms. The summed E-state index contributed by atoms with van der Waals surface area (Å²) < 4.78 is 4.83. The lowest BCUT2D eigenvalue weighted by atomic mass is 10.2. The molecule has 5 nitrogen and oxygen atoms in total. The predicted molar refractivity (Wildman–Crippen MR) is 70.1 cm³/mol. The number of nitrogens with one attached hydrogen (secondary N) is 1. The maximum Gasteiger partial charge on any atom is 0.313 e. The van der Waals surface area contributed by atoms with Gasteiger partial charge in [-0.3, -0.25) is 9.59 Å². The normalized spacial score (nSPS) is 10.8. The van der Waals surface area contributed by atoms with E-state index in [0.717, 1.165) is 10.4 Å². The molecule has 2 heterocycles. The minimum Gasteiger partial charge on any atom is -0.466 e. The van der Waals surface area contributed by atoms with Gasteiger partial charge in [-0.2, -0.15) is 0 Å². The van der Waals surface area contributed by atoms with Gasteiger partial charge in [-0.25, -0.2) is 4.98 Å². The summed E-state index contributed by atoms with van der Waals surface area (Å²) in [5, 5.41) is 0.616. The molecule has 0 amide bonds. The molecule has 0 aliphatic heterocycles. The Morgan fingerprint density at radius 2 is 2.17 bits per heavy atom. The van der Waals surface area contributed by atoms with E-state index in [0.29, 0.717) is 22.6 Å². The second-order valence-electron chi connectivity index (χ2n) is 3.96. The van der Waals surface area contributed by atoms with Crippen molar-refractivity contribution in [3.05, 3.63) is 26.6 Å². The zero-order chi connectivity index (χ0) is 13.3. The Kier molecular flexibility index (Phi) is 3.47. The van der Waals surface area contributed by atoms with Gasteiger partial charge < -0.3 is 9.72 Å². The molecule has 0 atom stereocenters. The highest BCUT2D eigenvalue weighted by molar-refractivity contribution is 7.18. The van der Waals surface area contributed by atoms with Crippen molar-refractivity contribution < 1.29 is 9.53 Å². The van der Waals surface area contributed by atoms with Gasteiger partial charge in [0.1, 0.15) is 17.1 Å². The number of nitrogens with zero attached hydrogens (tertiary/aromatic N) is 1. The maximum absolute atomic E-state index is 11.9. The first kappa shape index (κ1) is 12.8. The van der Waals surface area contributed by atoms with Crippen molar-refractivity contribution in [2.75, 3.05) is 6.61 Å². The summed E-state index contributed by atoms with van der Waals surface area (Å²) in [7, 11) is 0. The highest BCUT2D eigenvalue weighted by atomic mass is 32.1. The molecule has 2 aromatic rings. The first-order chi connectivity index (χ1) is 8.52. The zero-order valence-corrected chi connectivity index (χ0v) is 11.3. The largest absolute Gasteiger partial charge is 0.466 e. The number of hydrogen-bond acceptors (Lipinski definition) is 5. The lowest BCUT2D eigenvalue weighted by Crippen LogP contribution is -2.16. The minimum absolute atomic E-state index is 0.00495. The molecule has 0 aliphatic rings. The van der Waals surface area contributed by atoms with Crippen molar-refractivity contribution in [1.82, 2.24) is 9.97 Å². The first-order valence-corrected chi connectivity index (χ1v) is 6.49. The van der Waals surface area contributed by atoms with E-state index in [4.69, 9.17) is 4.74 Å². The molecule has 0 saturated heterocycles. The summed E-state index contributed by atoms with van der Waals surface area (Å²) in [4.78, 5) is 32.0. The molecule has 0 saturated carbocycles. The molecule has 0 unspecified atom stereocenters. The Morgan fingerprint density at radius 1 is 1.44 bits per heavy atom. The van der Waals surface area contributed by atoms with Gasteiger partial charge in [-0.1, -0.05) is 0 Å². The van der Waals surface area contributed by atoms with Gasteiger partial charge in [0.2, 0.25) is 0 Å². The first-order valence-electron chi connectivity index (χ1n) is 5.67. The highest BCUT2D eigenvalue weighted by Gasteiger charge is 2.13. The fourth-order valence-electron chi connectivity index (χ4n) is 1.73. The number of hydrogen-bond donors (Lipinski definition) is 1. The molecule has 1 N–H and O–H groups in total. The van der Waals surface area contributed by atoms with E-state index in [-0.39, 0.29) is 17.9 Å². The molecule has 2 rings (SSSR count). The van der Waals surface area contributed by atoms with Crippen LogP contribution in [0.25, 0.3) is 10.2 Å². The zero-order valence-electron chi connectivity index (χ0n) is 10.5. The van der Waals surface area contributed by atoms with Crippen LogP contribution in [0.2, 0.25) is 0 Å². The lowest BCUT2D eigenvalue weighted by Gasteiger charge is -2.01. The quantitative estimate of drug-likeness (QED) is 0.858. The number of carbonyl (C=O) groups excluding carboxylic acids is 1. The average Bonchev–Trinajstić information content (AvgIpc) is 2.55.